The molecule has 0 saturated heterocycles. The number of nitrogens with one attached hydrogen (secondary N) is 1. The van der Waals surface area contributed by atoms with Gasteiger partial charge in [-0.25, -0.2) is 0 Å². The smallest absolute Gasteiger partial charge is 0.254 e. The number of carbonyl (C=O) groups excluding carboxylic acids is 1. The molecule has 1 rings (SSSR count). The highest BCUT2D eigenvalue weighted by Gasteiger charge is 2.07. The Hall–Kier alpha value is -1.37. The SMILES string of the molecule is CCOc1cc(CCC(=O)NCCS(C)=O)on1. The number of hydrogen-bond acceptors (Lipinski definition) is 5. The van der Waals surface area contributed by atoms with E-state index in [2.05, 4.69) is 10.5 Å². The molecule has 0 aliphatic carbocycles. The van der Waals surface area contributed by atoms with E-state index in [4.69, 9.17) is 9.26 Å². The molecule has 7 heteroatoms. The molecule has 1 heterocycles. The van der Waals surface area contributed by atoms with E-state index < -0.39 is 10.8 Å². The van der Waals surface area contributed by atoms with Gasteiger partial charge in [-0.05, 0) is 12.1 Å². The van der Waals surface area contributed by atoms with Crippen LogP contribution >= 0.6 is 0 Å². The molecule has 0 spiro atoms. The lowest BCUT2D eigenvalue weighted by Crippen LogP contribution is -2.27. The summed E-state index contributed by atoms with van der Waals surface area (Å²) in [7, 11) is -0.881. The van der Waals surface area contributed by atoms with E-state index in [1.54, 1.807) is 12.3 Å². The minimum atomic E-state index is -0.881. The van der Waals surface area contributed by atoms with Gasteiger partial charge in [-0.3, -0.25) is 9.00 Å². The van der Waals surface area contributed by atoms with Gasteiger partial charge in [0.1, 0.15) is 5.76 Å². The molecule has 1 aromatic heterocycles. The summed E-state index contributed by atoms with van der Waals surface area (Å²) < 4.78 is 20.9. The average Bonchev–Trinajstić information content (AvgIpc) is 2.74. The first-order valence-electron chi connectivity index (χ1n) is 5.77. The Bertz CT molecular complexity index is 406. The van der Waals surface area contributed by atoms with Crippen molar-refractivity contribution in [1.29, 1.82) is 0 Å². The maximum absolute atomic E-state index is 11.4. The van der Waals surface area contributed by atoms with Crippen LogP contribution in [0.2, 0.25) is 0 Å². The first-order chi connectivity index (χ1) is 8.61. The van der Waals surface area contributed by atoms with Gasteiger partial charge in [0.15, 0.2) is 0 Å². The quantitative estimate of drug-likeness (QED) is 0.746. The molecule has 1 aromatic rings. The molecule has 1 atom stereocenters. The average molecular weight is 274 g/mol. The van der Waals surface area contributed by atoms with Crippen LogP contribution in [0.25, 0.3) is 0 Å². The van der Waals surface area contributed by atoms with E-state index in [1.807, 2.05) is 6.92 Å². The highest BCUT2D eigenvalue weighted by Crippen LogP contribution is 2.12. The summed E-state index contributed by atoms with van der Waals surface area (Å²) in [4.78, 5) is 11.4. The lowest BCUT2D eigenvalue weighted by Gasteiger charge is -2.02. The van der Waals surface area contributed by atoms with Crippen molar-refractivity contribution in [1.82, 2.24) is 10.5 Å². The molecule has 1 N–H and O–H groups in total. The van der Waals surface area contributed by atoms with Crippen LogP contribution in [0, 0.1) is 0 Å². The van der Waals surface area contributed by atoms with Crippen LogP contribution in [-0.4, -0.2) is 40.4 Å². The molecule has 0 aromatic carbocycles. The molecule has 0 aliphatic heterocycles. The van der Waals surface area contributed by atoms with Crippen molar-refractivity contribution in [2.45, 2.75) is 19.8 Å². The number of aromatic nitrogens is 1. The predicted octanol–water partition coefficient (Wildman–Crippen LogP) is 0.501. The van der Waals surface area contributed by atoms with Crippen molar-refractivity contribution in [3.63, 3.8) is 0 Å². The van der Waals surface area contributed by atoms with E-state index >= 15 is 0 Å². The summed E-state index contributed by atoms with van der Waals surface area (Å²) in [6.07, 6.45) is 2.40. The molecule has 18 heavy (non-hydrogen) atoms. The Morgan fingerprint density at radius 2 is 2.39 bits per heavy atom. The molecule has 0 fully saturated rings. The van der Waals surface area contributed by atoms with Crippen molar-refractivity contribution >= 4 is 16.7 Å². The molecule has 0 aliphatic rings. The number of amides is 1. The third-order valence-electron chi connectivity index (χ3n) is 2.14. The van der Waals surface area contributed by atoms with Crippen molar-refractivity contribution in [3.8, 4) is 5.88 Å². The number of nitrogens with zero attached hydrogens (tertiary/aromatic N) is 1. The molecule has 0 radical (unpaired) electrons. The maximum Gasteiger partial charge on any atom is 0.254 e. The Balaban J connectivity index is 2.22. The highest BCUT2D eigenvalue weighted by atomic mass is 32.2. The molecule has 6 nitrogen and oxygen atoms in total. The predicted molar refractivity (Wildman–Crippen MR) is 67.9 cm³/mol. The van der Waals surface area contributed by atoms with Gasteiger partial charge in [0, 0.05) is 48.3 Å². The maximum atomic E-state index is 11.4. The van der Waals surface area contributed by atoms with Gasteiger partial charge >= 0.3 is 0 Å². The monoisotopic (exact) mass is 274 g/mol. The number of rotatable bonds is 8. The second-order valence-corrected chi connectivity index (χ2v) is 5.25. The van der Waals surface area contributed by atoms with E-state index in [9.17, 15) is 9.00 Å². The number of ether oxygens (including phenoxy) is 1. The lowest BCUT2D eigenvalue weighted by atomic mass is 10.2. The standard InChI is InChI=1S/C11H18N2O4S/c1-3-16-11-8-9(17-13-11)4-5-10(14)12-6-7-18(2)15/h8H,3-7H2,1-2H3,(H,12,14). The van der Waals surface area contributed by atoms with Gasteiger partial charge in [0.05, 0.1) is 6.61 Å². The lowest BCUT2D eigenvalue weighted by molar-refractivity contribution is -0.121. The second kappa shape index (κ2) is 7.86. The molecule has 0 saturated carbocycles. The van der Waals surface area contributed by atoms with Crippen LogP contribution in [0.5, 0.6) is 5.88 Å². The van der Waals surface area contributed by atoms with E-state index in [0.29, 0.717) is 43.4 Å². The largest absolute Gasteiger partial charge is 0.476 e. The second-order valence-electron chi connectivity index (χ2n) is 3.69. The fourth-order valence-corrected chi connectivity index (χ4v) is 1.68. The first kappa shape index (κ1) is 14.7. The number of hydrogen-bond donors (Lipinski definition) is 1. The highest BCUT2D eigenvalue weighted by molar-refractivity contribution is 7.84. The first-order valence-corrected chi connectivity index (χ1v) is 7.49. The molecule has 1 unspecified atom stereocenters. The fourth-order valence-electron chi connectivity index (χ4n) is 1.29. The zero-order chi connectivity index (χ0) is 13.4. The van der Waals surface area contributed by atoms with E-state index in [0.717, 1.165) is 0 Å². The summed E-state index contributed by atoms with van der Waals surface area (Å²) in [6.45, 7) is 2.82. The van der Waals surface area contributed by atoms with Crippen LogP contribution in [0.4, 0.5) is 0 Å². The van der Waals surface area contributed by atoms with Gasteiger partial charge in [-0.2, -0.15) is 0 Å². The third-order valence-corrected chi connectivity index (χ3v) is 2.92. The van der Waals surface area contributed by atoms with E-state index in [1.165, 1.54) is 0 Å². The summed E-state index contributed by atoms with van der Waals surface area (Å²) in [6, 6.07) is 1.68. The summed E-state index contributed by atoms with van der Waals surface area (Å²) >= 11 is 0. The van der Waals surface area contributed by atoms with Crippen LogP contribution in [-0.2, 0) is 22.0 Å². The summed E-state index contributed by atoms with van der Waals surface area (Å²) in [5, 5.41) is 6.39. The Kier molecular flexibility index (Phi) is 6.42. The van der Waals surface area contributed by atoms with Gasteiger partial charge in [-0.1, -0.05) is 0 Å². The molecular formula is C11H18N2O4S. The number of aryl methyl sites for hydroxylation is 1. The van der Waals surface area contributed by atoms with Crippen LogP contribution in [0.3, 0.4) is 0 Å². The van der Waals surface area contributed by atoms with E-state index in [-0.39, 0.29) is 5.91 Å². The zero-order valence-electron chi connectivity index (χ0n) is 10.6. The van der Waals surface area contributed by atoms with Gasteiger partial charge in [0.2, 0.25) is 5.91 Å². The minimum absolute atomic E-state index is 0.0881. The molecule has 1 amide bonds. The zero-order valence-corrected chi connectivity index (χ0v) is 11.4. The van der Waals surface area contributed by atoms with Crippen molar-refractivity contribution in [2.75, 3.05) is 25.2 Å². The minimum Gasteiger partial charge on any atom is -0.476 e. The van der Waals surface area contributed by atoms with Crippen LogP contribution in [0.1, 0.15) is 19.1 Å². The van der Waals surface area contributed by atoms with Gasteiger partial charge in [0.25, 0.3) is 5.88 Å². The Morgan fingerprint density at radius 1 is 1.61 bits per heavy atom. The molecule has 102 valence electrons. The van der Waals surface area contributed by atoms with Gasteiger partial charge in [-0.15, -0.1) is 0 Å². The Labute approximate surface area is 109 Å². The topological polar surface area (TPSA) is 81.4 Å². The van der Waals surface area contributed by atoms with Crippen LogP contribution < -0.4 is 10.1 Å². The Morgan fingerprint density at radius 3 is 3.06 bits per heavy atom. The third kappa shape index (κ3) is 5.81. The summed E-state index contributed by atoms with van der Waals surface area (Å²) in [5.41, 5.74) is 0. The normalized spacial score (nSPS) is 12.1. The fraction of sp³-hybridized carbons (Fsp3) is 0.636. The van der Waals surface area contributed by atoms with Crippen molar-refractivity contribution < 1.29 is 18.3 Å². The summed E-state index contributed by atoms with van der Waals surface area (Å²) in [5.74, 6) is 1.44. The molecule has 0 bridgehead atoms. The van der Waals surface area contributed by atoms with Gasteiger partial charge < -0.3 is 14.6 Å². The van der Waals surface area contributed by atoms with Crippen molar-refractivity contribution in [3.05, 3.63) is 11.8 Å². The molecular weight excluding hydrogens is 256 g/mol. The van der Waals surface area contributed by atoms with Crippen molar-refractivity contribution in [2.24, 2.45) is 0 Å². The van der Waals surface area contributed by atoms with Crippen LogP contribution in [0.15, 0.2) is 10.6 Å². The number of carbonyl (C=O) groups is 1.